The number of nitrogens with one attached hydrogen (secondary N) is 1. The SMILES string of the molecule is CC(O)CCC(=O)NCC1COc2cc(F)cc(-c3c(Cl)cccc3Cl)c2O1. The molecule has 0 saturated heterocycles. The minimum atomic E-state index is -0.537. The minimum Gasteiger partial charge on any atom is -0.486 e. The third-order valence-electron chi connectivity index (χ3n) is 4.28. The van der Waals surface area contributed by atoms with Crippen molar-refractivity contribution in [2.24, 2.45) is 0 Å². The Balaban J connectivity index is 1.80. The van der Waals surface area contributed by atoms with Crippen LogP contribution < -0.4 is 14.8 Å². The van der Waals surface area contributed by atoms with Crippen molar-refractivity contribution in [1.29, 1.82) is 0 Å². The van der Waals surface area contributed by atoms with E-state index < -0.39 is 18.0 Å². The van der Waals surface area contributed by atoms with E-state index in [-0.39, 0.29) is 31.2 Å². The van der Waals surface area contributed by atoms with Crippen molar-refractivity contribution in [2.45, 2.75) is 32.0 Å². The maximum Gasteiger partial charge on any atom is 0.220 e. The number of hydrogen-bond acceptors (Lipinski definition) is 4. The number of halogens is 3. The number of fused-ring (bicyclic) bond motifs is 1. The smallest absolute Gasteiger partial charge is 0.220 e. The Labute approximate surface area is 172 Å². The number of hydrogen-bond donors (Lipinski definition) is 2. The number of aliphatic hydroxyl groups excluding tert-OH is 1. The highest BCUT2D eigenvalue weighted by Crippen LogP contribution is 2.46. The van der Waals surface area contributed by atoms with Gasteiger partial charge in [0.2, 0.25) is 5.91 Å². The zero-order valence-electron chi connectivity index (χ0n) is 15.2. The van der Waals surface area contributed by atoms with Crippen molar-refractivity contribution in [1.82, 2.24) is 5.32 Å². The van der Waals surface area contributed by atoms with E-state index >= 15 is 0 Å². The summed E-state index contributed by atoms with van der Waals surface area (Å²) in [4.78, 5) is 11.9. The van der Waals surface area contributed by atoms with Gasteiger partial charge in [0.1, 0.15) is 18.5 Å². The molecule has 1 aliphatic rings. The molecule has 2 atom stereocenters. The van der Waals surface area contributed by atoms with Crippen LogP contribution in [0.2, 0.25) is 10.0 Å². The fourth-order valence-electron chi connectivity index (χ4n) is 2.88. The van der Waals surface area contributed by atoms with Gasteiger partial charge in [-0.1, -0.05) is 29.3 Å². The highest BCUT2D eigenvalue weighted by Gasteiger charge is 2.27. The van der Waals surface area contributed by atoms with Gasteiger partial charge in [-0.15, -0.1) is 0 Å². The van der Waals surface area contributed by atoms with Crippen LogP contribution in [0.3, 0.4) is 0 Å². The van der Waals surface area contributed by atoms with Gasteiger partial charge in [0.25, 0.3) is 0 Å². The lowest BCUT2D eigenvalue weighted by Crippen LogP contribution is -2.41. The summed E-state index contributed by atoms with van der Waals surface area (Å²) in [5, 5.41) is 12.7. The van der Waals surface area contributed by atoms with Gasteiger partial charge < -0.3 is 19.9 Å². The number of amides is 1. The second-order valence-electron chi connectivity index (χ2n) is 6.62. The van der Waals surface area contributed by atoms with Crippen molar-refractivity contribution >= 4 is 29.1 Å². The summed E-state index contributed by atoms with van der Waals surface area (Å²) in [7, 11) is 0. The summed E-state index contributed by atoms with van der Waals surface area (Å²) < 4.78 is 25.7. The van der Waals surface area contributed by atoms with Gasteiger partial charge in [0.15, 0.2) is 11.5 Å². The molecular weight excluding hydrogens is 408 g/mol. The first-order valence-corrected chi connectivity index (χ1v) is 9.63. The van der Waals surface area contributed by atoms with Crippen LogP contribution in [0.25, 0.3) is 11.1 Å². The van der Waals surface area contributed by atoms with Crippen LogP contribution in [0.15, 0.2) is 30.3 Å². The molecule has 0 radical (unpaired) electrons. The van der Waals surface area contributed by atoms with Gasteiger partial charge in [-0.05, 0) is 31.5 Å². The molecule has 1 aliphatic heterocycles. The largest absolute Gasteiger partial charge is 0.486 e. The average Bonchev–Trinajstić information content (AvgIpc) is 2.64. The molecule has 0 fully saturated rings. The molecule has 1 heterocycles. The Morgan fingerprint density at radius 2 is 2.07 bits per heavy atom. The molecule has 2 unspecified atom stereocenters. The standard InChI is InChI=1S/C20H20Cl2FNO4/c1-11(25)5-6-18(26)24-9-13-10-27-17-8-12(23)7-14(20(17)28-13)19-15(21)3-2-4-16(19)22/h2-4,7-8,11,13,25H,5-6,9-10H2,1H3,(H,24,26). The van der Waals surface area contributed by atoms with Gasteiger partial charge in [-0.2, -0.15) is 0 Å². The van der Waals surface area contributed by atoms with E-state index in [1.807, 2.05) is 0 Å². The molecule has 1 amide bonds. The molecule has 2 N–H and O–H groups in total. The first kappa shape index (κ1) is 20.7. The Bertz CT molecular complexity index is 855. The molecule has 3 rings (SSSR count). The first-order valence-electron chi connectivity index (χ1n) is 8.87. The predicted molar refractivity (Wildman–Crippen MR) is 106 cm³/mol. The summed E-state index contributed by atoms with van der Waals surface area (Å²) in [5.74, 6) is -0.115. The summed E-state index contributed by atoms with van der Waals surface area (Å²) in [6, 6.07) is 7.54. The summed E-state index contributed by atoms with van der Waals surface area (Å²) >= 11 is 12.6. The lowest BCUT2D eigenvalue weighted by molar-refractivity contribution is -0.122. The van der Waals surface area contributed by atoms with Crippen LogP contribution in [-0.4, -0.2) is 36.4 Å². The second kappa shape index (κ2) is 8.99. The number of carbonyl (C=O) groups excluding carboxylic acids is 1. The van der Waals surface area contributed by atoms with E-state index in [0.29, 0.717) is 33.3 Å². The third-order valence-corrected chi connectivity index (χ3v) is 4.91. The zero-order chi connectivity index (χ0) is 20.3. The van der Waals surface area contributed by atoms with Crippen LogP contribution in [-0.2, 0) is 4.79 Å². The van der Waals surface area contributed by atoms with Crippen LogP contribution in [0.5, 0.6) is 11.5 Å². The second-order valence-corrected chi connectivity index (χ2v) is 7.43. The van der Waals surface area contributed by atoms with Gasteiger partial charge in [0.05, 0.1) is 22.7 Å². The maximum atomic E-state index is 14.1. The lowest BCUT2D eigenvalue weighted by Gasteiger charge is -2.29. The van der Waals surface area contributed by atoms with Crippen LogP contribution in [0.4, 0.5) is 4.39 Å². The normalized spacial score (nSPS) is 16.5. The van der Waals surface area contributed by atoms with E-state index in [0.717, 1.165) is 0 Å². The Morgan fingerprint density at radius 1 is 1.36 bits per heavy atom. The number of carbonyl (C=O) groups is 1. The van der Waals surface area contributed by atoms with Crippen molar-refractivity contribution in [2.75, 3.05) is 13.2 Å². The van der Waals surface area contributed by atoms with Crippen LogP contribution in [0.1, 0.15) is 19.8 Å². The average molecular weight is 428 g/mol. The monoisotopic (exact) mass is 427 g/mol. The topological polar surface area (TPSA) is 67.8 Å². The van der Waals surface area contributed by atoms with Gasteiger partial charge in [0, 0.05) is 23.6 Å². The van der Waals surface area contributed by atoms with Gasteiger partial charge >= 0.3 is 0 Å². The molecule has 2 aromatic carbocycles. The number of ether oxygens (including phenoxy) is 2. The Morgan fingerprint density at radius 3 is 2.75 bits per heavy atom. The summed E-state index contributed by atoms with van der Waals surface area (Å²) in [5.41, 5.74) is 0.836. The fourth-order valence-corrected chi connectivity index (χ4v) is 3.48. The molecule has 0 bridgehead atoms. The van der Waals surface area contributed by atoms with Crippen molar-refractivity contribution in [3.8, 4) is 22.6 Å². The Kier molecular flexibility index (Phi) is 6.65. The highest BCUT2D eigenvalue weighted by molar-refractivity contribution is 6.39. The van der Waals surface area contributed by atoms with Gasteiger partial charge in [-0.25, -0.2) is 4.39 Å². The molecule has 0 saturated carbocycles. The maximum absolute atomic E-state index is 14.1. The summed E-state index contributed by atoms with van der Waals surface area (Å²) in [6.07, 6.45) is -0.406. The Hall–Kier alpha value is -2.02. The van der Waals surface area contributed by atoms with Crippen molar-refractivity contribution in [3.05, 3.63) is 46.2 Å². The quantitative estimate of drug-likeness (QED) is 0.723. The summed E-state index contributed by atoms with van der Waals surface area (Å²) in [6.45, 7) is 2.00. The lowest BCUT2D eigenvalue weighted by atomic mass is 10.0. The predicted octanol–water partition coefficient (Wildman–Crippen LogP) is 4.22. The van der Waals surface area contributed by atoms with E-state index in [1.165, 1.54) is 12.1 Å². The molecule has 0 spiro atoms. The van der Waals surface area contributed by atoms with Crippen LogP contribution in [0, 0.1) is 5.82 Å². The molecule has 2 aromatic rings. The molecule has 150 valence electrons. The van der Waals surface area contributed by atoms with E-state index in [2.05, 4.69) is 5.32 Å². The van der Waals surface area contributed by atoms with Crippen molar-refractivity contribution < 1.29 is 23.8 Å². The van der Waals surface area contributed by atoms with Crippen LogP contribution >= 0.6 is 23.2 Å². The van der Waals surface area contributed by atoms with E-state index in [1.54, 1.807) is 25.1 Å². The van der Waals surface area contributed by atoms with E-state index in [4.69, 9.17) is 32.7 Å². The minimum absolute atomic E-state index is 0.156. The molecule has 28 heavy (non-hydrogen) atoms. The molecule has 0 aromatic heterocycles. The molecular formula is C20H20Cl2FNO4. The molecule has 5 nitrogen and oxygen atoms in total. The van der Waals surface area contributed by atoms with Gasteiger partial charge in [-0.3, -0.25) is 4.79 Å². The first-order chi connectivity index (χ1) is 13.3. The highest BCUT2D eigenvalue weighted by atomic mass is 35.5. The molecule has 0 aliphatic carbocycles. The zero-order valence-corrected chi connectivity index (χ0v) is 16.7. The van der Waals surface area contributed by atoms with E-state index in [9.17, 15) is 14.3 Å². The third kappa shape index (κ3) is 4.87. The number of benzene rings is 2. The van der Waals surface area contributed by atoms with Crippen molar-refractivity contribution in [3.63, 3.8) is 0 Å². The fraction of sp³-hybridized carbons (Fsp3) is 0.350. The number of rotatable bonds is 6. The number of aliphatic hydroxyl groups is 1. The molecule has 8 heteroatoms.